The molecule has 0 saturated carbocycles. The summed E-state index contributed by atoms with van der Waals surface area (Å²) >= 11 is 3.18. The lowest BCUT2D eigenvalue weighted by Gasteiger charge is -2.06. The number of hydrogen-bond acceptors (Lipinski definition) is 6. The molecular weight excluding hydrogens is 368 g/mol. The molecule has 0 aliphatic carbocycles. The molecule has 0 aromatic heterocycles. The van der Waals surface area contributed by atoms with Gasteiger partial charge in [-0.2, -0.15) is 5.10 Å². The fourth-order valence-electron chi connectivity index (χ4n) is 1.72. The molecule has 8 heteroatoms. The fourth-order valence-corrected chi connectivity index (χ4v) is 2.18. The van der Waals surface area contributed by atoms with Gasteiger partial charge in [-0.3, -0.25) is 4.79 Å². The van der Waals surface area contributed by atoms with Crippen LogP contribution < -0.4 is 10.2 Å². The molecule has 0 saturated heterocycles. The van der Waals surface area contributed by atoms with E-state index in [2.05, 4.69) is 26.5 Å². The van der Waals surface area contributed by atoms with Crippen LogP contribution in [0.1, 0.15) is 15.9 Å². The first-order chi connectivity index (χ1) is 10.9. The summed E-state index contributed by atoms with van der Waals surface area (Å²) in [6.07, 6.45) is 1.37. The topological polar surface area (TPSA) is 111 Å². The van der Waals surface area contributed by atoms with Crippen molar-refractivity contribution in [2.75, 3.05) is 7.11 Å². The molecule has 0 heterocycles. The predicted molar refractivity (Wildman–Crippen MR) is 87.2 cm³/mol. The minimum atomic E-state index is -0.554. The highest BCUT2D eigenvalue weighted by Crippen LogP contribution is 2.34. The molecule has 0 unspecified atom stereocenters. The third-order valence-corrected chi connectivity index (χ3v) is 3.49. The van der Waals surface area contributed by atoms with E-state index in [1.165, 1.54) is 25.5 Å². The average Bonchev–Trinajstić information content (AvgIpc) is 2.53. The maximum Gasteiger partial charge on any atom is 0.271 e. The molecule has 0 radical (unpaired) electrons. The number of nitrogens with one attached hydrogen (secondary N) is 1. The first-order valence-electron chi connectivity index (χ1n) is 6.34. The van der Waals surface area contributed by atoms with Gasteiger partial charge in [0.15, 0.2) is 23.0 Å². The number of nitrogens with zero attached hydrogens (tertiary/aromatic N) is 1. The molecule has 0 bridgehead atoms. The first-order valence-corrected chi connectivity index (χ1v) is 7.13. The molecule has 1 amide bonds. The van der Waals surface area contributed by atoms with Crippen LogP contribution in [0.3, 0.4) is 0 Å². The monoisotopic (exact) mass is 380 g/mol. The van der Waals surface area contributed by atoms with Gasteiger partial charge in [0.1, 0.15) is 0 Å². The van der Waals surface area contributed by atoms with Crippen molar-refractivity contribution in [1.29, 1.82) is 0 Å². The number of halogens is 1. The van der Waals surface area contributed by atoms with Crippen molar-refractivity contribution in [3.05, 3.63) is 45.9 Å². The van der Waals surface area contributed by atoms with Gasteiger partial charge in [-0.25, -0.2) is 5.43 Å². The number of ether oxygens (including phenoxy) is 1. The van der Waals surface area contributed by atoms with Gasteiger partial charge in [-0.15, -0.1) is 0 Å². The summed E-state index contributed by atoms with van der Waals surface area (Å²) in [5, 5.41) is 32.0. The number of hydrazone groups is 1. The molecule has 120 valence electrons. The van der Waals surface area contributed by atoms with Crippen LogP contribution in [0.2, 0.25) is 0 Å². The van der Waals surface area contributed by atoms with Crippen molar-refractivity contribution in [3.8, 4) is 23.0 Å². The number of benzene rings is 2. The highest BCUT2D eigenvalue weighted by atomic mass is 79.9. The van der Waals surface area contributed by atoms with E-state index in [1.54, 1.807) is 12.1 Å². The molecule has 2 aromatic carbocycles. The summed E-state index contributed by atoms with van der Waals surface area (Å²) in [6, 6.07) is 6.82. The maximum absolute atomic E-state index is 11.9. The Balaban J connectivity index is 2.10. The zero-order chi connectivity index (χ0) is 17.0. The Morgan fingerprint density at radius 3 is 2.61 bits per heavy atom. The average molecular weight is 381 g/mol. The fraction of sp³-hybridized carbons (Fsp3) is 0.0667. The van der Waals surface area contributed by atoms with Crippen molar-refractivity contribution in [3.63, 3.8) is 0 Å². The van der Waals surface area contributed by atoms with Crippen LogP contribution in [0.5, 0.6) is 23.0 Å². The van der Waals surface area contributed by atoms with Crippen molar-refractivity contribution in [2.45, 2.75) is 0 Å². The van der Waals surface area contributed by atoms with Gasteiger partial charge in [0.05, 0.1) is 17.8 Å². The summed E-state index contributed by atoms with van der Waals surface area (Å²) in [7, 11) is 1.42. The van der Waals surface area contributed by atoms with E-state index in [-0.39, 0.29) is 22.8 Å². The number of hydrogen-bond donors (Lipinski definition) is 4. The minimum Gasteiger partial charge on any atom is -0.504 e. The lowest BCUT2D eigenvalue weighted by molar-refractivity contribution is 0.0954. The Kier molecular flexibility index (Phi) is 5.07. The quantitative estimate of drug-likeness (QED) is 0.369. The molecule has 0 aliphatic rings. The molecular formula is C15H13BrN2O5. The van der Waals surface area contributed by atoms with E-state index in [0.717, 1.165) is 6.07 Å². The van der Waals surface area contributed by atoms with E-state index >= 15 is 0 Å². The van der Waals surface area contributed by atoms with Gasteiger partial charge in [-0.05, 0) is 51.8 Å². The van der Waals surface area contributed by atoms with Gasteiger partial charge in [0, 0.05) is 5.56 Å². The highest BCUT2D eigenvalue weighted by Gasteiger charge is 2.09. The molecule has 23 heavy (non-hydrogen) atoms. The van der Waals surface area contributed by atoms with Crippen LogP contribution in [-0.4, -0.2) is 34.6 Å². The number of methoxy groups -OCH3 is 1. The second-order valence-corrected chi connectivity index (χ2v) is 5.31. The largest absolute Gasteiger partial charge is 0.504 e. The zero-order valence-electron chi connectivity index (χ0n) is 11.9. The van der Waals surface area contributed by atoms with Crippen LogP contribution in [-0.2, 0) is 0 Å². The molecule has 2 rings (SSSR count). The Bertz CT molecular complexity index is 777. The van der Waals surface area contributed by atoms with Gasteiger partial charge in [0.25, 0.3) is 5.91 Å². The van der Waals surface area contributed by atoms with Crippen molar-refractivity contribution in [2.24, 2.45) is 5.10 Å². The first kappa shape index (κ1) is 16.6. The normalized spacial score (nSPS) is 10.7. The van der Waals surface area contributed by atoms with Crippen LogP contribution in [0, 0.1) is 0 Å². The van der Waals surface area contributed by atoms with Crippen molar-refractivity contribution < 1.29 is 24.9 Å². The lowest BCUT2D eigenvalue weighted by Crippen LogP contribution is -2.17. The van der Waals surface area contributed by atoms with Gasteiger partial charge in [0.2, 0.25) is 0 Å². The number of phenolic OH excluding ortho intramolecular Hbond substituents is 3. The molecule has 2 aromatic rings. The third-order valence-electron chi connectivity index (χ3n) is 2.89. The highest BCUT2D eigenvalue weighted by molar-refractivity contribution is 9.10. The molecule has 0 aliphatic heterocycles. The summed E-state index contributed by atoms with van der Waals surface area (Å²) < 4.78 is 5.43. The maximum atomic E-state index is 11.9. The lowest BCUT2D eigenvalue weighted by atomic mass is 10.2. The smallest absolute Gasteiger partial charge is 0.271 e. The predicted octanol–water partition coefficient (Wildman–Crippen LogP) is 2.34. The summed E-state index contributed by atoms with van der Waals surface area (Å²) in [4.78, 5) is 11.9. The number of carbonyl (C=O) groups is 1. The second-order valence-electron chi connectivity index (χ2n) is 4.46. The van der Waals surface area contributed by atoms with E-state index in [4.69, 9.17) is 4.74 Å². The number of carbonyl (C=O) groups excluding carboxylic acids is 1. The van der Waals surface area contributed by atoms with Crippen LogP contribution in [0.4, 0.5) is 0 Å². The minimum absolute atomic E-state index is 0.0340. The van der Waals surface area contributed by atoms with E-state index in [0.29, 0.717) is 10.0 Å². The van der Waals surface area contributed by atoms with Gasteiger partial charge in [-0.1, -0.05) is 0 Å². The molecule has 0 spiro atoms. The van der Waals surface area contributed by atoms with Crippen LogP contribution in [0.25, 0.3) is 0 Å². The van der Waals surface area contributed by atoms with Crippen LogP contribution >= 0.6 is 15.9 Å². The van der Waals surface area contributed by atoms with Crippen LogP contribution in [0.15, 0.2) is 39.9 Å². The van der Waals surface area contributed by atoms with Crippen molar-refractivity contribution >= 4 is 28.1 Å². The van der Waals surface area contributed by atoms with Gasteiger partial charge >= 0.3 is 0 Å². The molecule has 0 fully saturated rings. The second kappa shape index (κ2) is 7.01. The van der Waals surface area contributed by atoms with Gasteiger partial charge < -0.3 is 20.1 Å². The Hall–Kier alpha value is -2.74. The standard InChI is InChI=1S/C15H13BrN2O5/c1-23-13-5-8(4-10(16)14(13)21)7-17-18-15(22)9-2-3-11(19)12(20)6-9/h2-7,19-21H,1H3,(H,18,22)/b17-7+. The Morgan fingerprint density at radius 2 is 1.96 bits per heavy atom. The number of amides is 1. The SMILES string of the molecule is COc1cc(/C=N/NC(=O)c2ccc(O)c(O)c2)cc(Br)c1O. The summed E-state index contributed by atoms with van der Waals surface area (Å²) in [5.74, 6) is -1.04. The Labute approximate surface area is 140 Å². The van der Waals surface area contributed by atoms with Crippen molar-refractivity contribution in [1.82, 2.24) is 5.43 Å². The van der Waals surface area contributed by atoms with E-state index < -0.39 is 11.7 Å². The number of phenols is 3. The number of rotatable bonds is 4. The summed E-state index contributed by atoms with van der Waals surface area (Å²) in [6.45, 7) is 0. The molecule has 4 N–H and O–H groups in total. The molecule has 7 nitrogen and oxygen atoms in total. The third kappa shape index (κ3) is 3.92. The molecule has 0 atom stereocenters. The zero-order valence-corrected chi connectivity index (χ0v) is 13.5. The van der Waals surface area contributed by atoms with E-state index in [1.807, 2.05) is 0 Å². The van der Waals surface area contributed by atoms with E-state index in [9.17, 15) is 20.1 Å². The summed E-state index contributed by atoms with van der Waals surface area (Å²) in [5.41, 5.74) is 3.01. The number of aromatic hydroxyl groups is 3. The Morgan fingerprint density at radius 1 is 1.22 bits per heavy atom.